The standard InChI is InChI=1S/C24H30N2O/c1-19-13-15-22(16-14-19)25-24(27)26(23-11-7-4-8-12-23)18-20(2)17-21-9-5-3-6-10-21/h3,5-6,9-10,13-17,23H,4,7-8,11-12,18H2,1-2H3,(H,25,27)/b20-17+. The van der Waals surface area contributed by atoms with Gasteiger partial charge in [-0.3, -0.25) is 0 Å². The van der Waals surface area contributed by atoms with Crippen molar-refractivity contribution in [1.29, 1.82) is 0 Å². The molecule has 1 aliphatic carbocycles. The first-order valence-corrected chi connectivity index (χ1v) is 9.98. The smallest absolute Gasteiger partial charge is 0.318 e. The molecule has 2 aromatic carbocycles. The largest absolute Gasteiger partial charge is 0.322 e. The quantitative estimate of drug-likeness (QED) is 0.668. The van der Waals surface area contributed by atoms with Gasteiger partial charge in [-0.15, -0.1) is 0 Å². The van der Waals surface area contributed by atoms with Gasteiger partial charge < -0.3 is 10.2 Å². The van der Waals surface area contributed by atoms with Gasteiger partial charge in [0.25, 0.3) is 0 Å². The van der Waals surface area contributed by atoms with Gasteiger partial charge in [0.2, 0.25) is 0 Å². The molecular formula is C24H30N2O. The minimum absolute atomic E-state index is 0.00608. The fourth-order valence-corrected chi connectivity index (χ4v) is 3.74. The van der Waals surface area contributed by atoms with Crippen molar-refractivity contribution in [2.75, 3.05) is 11.9 Å². The third kappa shape index (κ3) is 5.72. The van der Waals surface area contributed by atoms with Crippen LogP contribution in [0, 0.1) is 6.92 Å². The Labute approximate surface area is 163 Å². The normalized spacial score (nSPS) is 15.4. The summed E-state index contributed by atoms with van der Waals surface area (Å²) in [5.41, 5.74) is 4.43. The van der Waals surface area contributed by atoms with E-state index in [0.29, 0.717) is 12.6 Å². The lowest BCUT2D eigenvalue weighted by molar-refractivity contribution is 0.174. The maximum absolute atomic E-state index is 13.1. The van der Waals surface area contributed by atoms with Crippen molar-refractivity contribution in [2.24, 2.45) is 0 Å². The zero-order chi connectivity index (χ0) is 19.1. The fraction of sp³-hybridized carbons (Fsp3) is 0.375. The van der Waals surface area contributed by atoms with E-state index < -0.39 is 0 Å². The summed E-state index contributed by atoms with van der Waals surface area (Å²) in [5.74, 6) is 0. The van der Waals surface area contributed by atoms with E-state index in [4.69, 9.17) is 0 Å². The van der Waals surface area contributed by atoms with Crippen LogP contribution in [0.4, 0.5) is 10.5 Å². The van der Waals surface area contributed by atoms with E-state index in [1.54, 1.807) is 0 Å². The monoisotopic (exact) mass is 362 g/mol. The van der Waals surface area contributed by atoms with Gasteiger partial charge >= 0.3 is 6.03 Å². The van der Waals surface area contributed by atoms with E-state index in [1.165, 1.54) is 36.0 Å². The minimum Gasteiger partial charge on any atom is -0.318 e. The average molecular weight is 363 g/mol. The van der Waals surface area contributed by atoms with E-state index in [0.717, 1.165) is 18.5 Å². The molecule has 0 atom stereocenters. The molecule has 1 fully saturated rings. The second-order valence-corrected chi connectivity index (χ2v) is 7.62. The van der Waals surface area contributed by atoms with Crippen molar-refractivity contribution in [3.63, 3.8) is 0 Å². The van der Waals surface area contributed by atoms with Crippen molar-refractivity contribution in [3.8, 4) is 0 Å². The van der Waals surface area contributed by atoms with Gasteiger partial charge in [0.15, 0.2) is 0 Å². The molecule has 2 aromatic rings. The number of nitrogens with zero attached hydrogens (tertiary/aromatic N) is 1. The Morgan fingerprint density at radius 1 is 1.04 bits per heavy atom. The van der Waals surface area contributed by atoms with Crippen molar-refractivity contribution in [1.82, 2.24) is 4.90 Å². The number of benzene rings is 2. The van der Waals surface area contributed by atoms with E-state index in [1.807, 2.05) is 47.4 Å². The lowest BCUT2D eigenvalue weighted by atomic mass is 9.94. The molecule has 0 spiro atoms. The van der Waals surface area contributed by atoms with Crippen LogP contribution in [0.3, 0.4) is 0 Å². The zero-order valence-electron chi connectivity index (χ0n) is 16.4. The number of carbonyl (C=O) groups excluding carboxylic acids is 1. The lowest BCUT2D eigenvalue weighted by Gasteiger charge is -2.34. The summed E-state index contributed by atoms with van der Waals surface area (Å²) in [5, 5.41) is 3.10. The average Bonchev–Trinajstić information content (AvgIpc) is 2.69. The summed E-state index contributed by atoms with van der Waals surface area (Å²) in [7, 11) is 0. The third-order valence-corrected chi connectivity index (χ3v) is 5.21. The number of aryl methyl sites for hydroxylation is 1. The fourth-order valence-electron chi connectivity index (χ4n) is 3.74. The number of hydrogen-bond donors (Lipinski definition) is 1. The van der Waals surface area contributed by atoms with Crippen LogP contribution in [0.5, 0.6) is 0 Å². The molecule has 0 unspecified atom stereocenters. The Hall–Kier alpha value is -2.55. The summed E-state index contributed by atoms with van der Waals surface area (Å²) in [6.07, 6.45) is 8.07. The summed E-state index contributed by atoms with van der Waals surface area (Å²) >= 11 is 0. The Morgan fingerprint density at radius 3 is 2.37 bits per heavy atom. The molecule has 0 radical (unpaired) electrons. The predicted octanol–water partition coefficient (Wildman–Crippen LogP) is 6.27. The van der Waals surface area contributed by atoms with Crippen LogP contribution in [-0.2, 0) is 0 Å². The Kier molecular flexibility index (Phi) is 6.69. The van der Waals surface area contributed by atoms with Crippen LogP contribution in [0.1, 0.15) is 50.2 Å². The molecule has 27 heavy (non-hydrogen) atoms. The molecule has 3 nitrogen and oxygen atoms in total. The maximum atomic E-state index is 13.1. The summed E-state index contributed by atoms with van der Waals surface area (Å²) in [6.45, 7) is 4.83. The summed E-state index contributed by atoms with van der Waals surface area (Å²) in [4.78, 5) is 15.1. The number of amides is 2. The maximum Gasteiger partial charge on any atom is 0.322 e. The van der Waals surface area contributed by atoms with Crippen LogP contribution in [0.15, 0.2) is 60.2 Å². The van der Waals surface area contributed by atoms with E-state index in [2.05, 4.69) is 37.4 Å². The van der Waals surface area contributed by atoms with Crippen molar-refractivity contribution < 1.29 is 4.79 Å². The lowest BCUT2D eigenvalue weighted by Crippen LogP contribution is -2.44. The van der Waals surface area contributed by atoms with Crippen LogP contribution in [0.2, 0.25) is 0 Å². The minimum atomic E-state index is 0.00608. The number of carbonyl (C=O) groups is 1. The predicted molar refractivity (Wildman–Crippen MR) is 114 cm³/mol. The highest BCUT2D eigenvalue weighted by Gasteiger charge is 2.25. The first-order chi connectivity index (χ1) is 13.1. The molecule has 142 valence electrons. The van der Waals surface area contributed by atoms with Gasteiger partial charge in [-0.25, -0.2) is 4.79 Å². The highest BCUT2D eigenvalue weighted by Crippen LogP contribution is 2.24. The van der Waals surface area contributed by atoms with Gasteiger partial charge in [0, 0.05) is 18.3 Å². The van der Waals surface area contributed by atoms with Gasteiger partial charge in [0.1, 0.15) is 0 Å². The number of anilines is 1. The van der Waals surface area contributed by atoms with Gasteiger partial charge in [0.05, 0.1) is 0 Å². The number of rotatable bonds is 5. The van der Waals surface area contributed by atoms with Gasteiger partial charge in [-0.1, -0.05) is 78.9 Å². The Bertz CT molecular complexity index is 759. The molecule has 0 bridgehead atoms. The number of urea groups is 1. The molecule has 0 aromatic heterocycles. The molecule has 3 rings (SSSR count). The molecule has 1 saturated carbocycles. The Morgan fingerprint density at radius 2 is 1.70 bits per heavy atom. The molecule has 0 heterocycles. The van der Waals surface area contributed by atoms with Crippen molar-refractivity contribution in [2.45, 2.75) is 52.0 Å². The van der Waals surface area contributed by atoms with E-state index >= 15 is 0 Å². The van der Waals surface area contributed by atoms with Crippen LogP contribution < -0.4 is 5.32 Å². The van der Waals surface area contributed by atoms with Crippen LogP contribution >= 0.6 is 0 Å². The molecule has 0 saturated heterocycles. The van der Waals surface area contributed by atoms with Crippen molar-refractivity contribution in [3.05, 3.63) is 71.3 Å². The molecular weight excluding hydrogens is 332 g/mol. The summed E-state index contributed by atoms with van der Waals surface area (Å²) < 4.78 is 0. The molecule has 1 aliphatic rings. The molecule has 0 aliphatic heterocycles. The Balaban J connectivity index is 1.74. The van der Waals surface area contributed by atoms with Gasteiger partial charge in [-0.05, 0) is 44.4 Å². The van der Waals surface area contributed by atoms with Crippen LogP contribution in [0.25, 0.3) is 6.08 Å². The molecule has 3 heteroatoms. The molecule has 1 N–H and O–H groups in total. The third-order valence-electron chi connectivity index (χ3n) is 5.21. The number of nitrogens with one attached hydrogen (secondary N) is 1. The topological polar surface area (TPSA) is 32.3 Å². The highest BCUT2D eigenvalue weighted by atomic mass is 16.2. The summed E-state index contributed by atoms with van der Waals surface area (Å²) in [6, 6.07) is 18.6. The van der Waals surface area contributed by atoms with E-state index in [-0.39, 0.29) is 6.03 Å². The first-order valence-electron chi connectivity index (χ1n) is 9.98. The highest BCUT2D eigenvalue weighted by molar-refractivity contribution is 5.89. The van der Waals surface area contributed by atoms with E-state index in [9.17, 15) is 4.79 Å². The second-order valence-electron chi connectivity index (χ2n) is 7.62. The SMILES string of the molecule is C/C(=C\c1ccccc1)CN(C(=O)Nc1ccc(C)cc1)C1CCCCC1. The van der Waals surface area contributed by atoms with Gasteiger partial charge in [-0.2, -0.15) is 0 Å². The number of hydrogen-bond acceptors (Lipinski definition) is 1. The second kappa shape index (κ2) is 9.40. The first kappa shape index (κ1) is 19.2. The zero-order valence-corrected chi connectivity index (χ0v) is 16.4. The molecule has 2 amide bonds. The van der Waals surface area contributed by atoms with Crippen LogP contribution in [-0.4, -0.2) is 23.5 Å². The van der Waals surface area contributed by atoms with Crippen molar-refractivity contribution >= 4 is 17.8 Å².